The summed E-state index contributed by atoms with van der Waals surface area (Å²) in [5.41, 5.74) is -0.579. The van der Waals surface area contributed by atoms with E-state index in [1.807, 2.05) is 6.26 Å². The van der Waals surface area contributed by atoms with Crippen molar-refractivity contribution in [3.63, 3.8) is 0 Å². The zero-order valence-electron chi connectivity index (χ0n) is 11.0. The fourth-order valence-corrected chi connectivity index (χ4v) is 1.55. The lowest BCUT2D eigenvalue weighted by atomic mass is 10.2. The molecule has 0 aliphatic rings. The molecule has 1 N–H and O–H groups in total. The fourth-order valence-electron chi connectivity index (χ4n) is 1.08. The van der Waals surface area contributed by atoms with Gasteiger partial charge in [-0.15, -0.1) is 0 Å². The van der Waals surface area contributed by atoms with Gasteiger partial charge in [0.15, 0.2) is 0 Å². The van der Waals surface area contributed by atoms with Crippen molar-refractivity contribution in [2.75, 3.05) is 19.1 Å². The van der Waals surface area contributed by atoms with Crippen LogP contribution in [0.3, 0.4) is 0 Å². The third-order valence-electron chi connectivity index (χ3n) is 1.79. The molecule has 0 bridgehead atoms. The Morgan fingerprint density at radius 3 is 2.35 bits per heavy atom. The van der Waals surface area contributed by atoms with E-state index in [9.17, 15) is 9.59 Å². The van der Waals surface area contributed by atoms with E-state index in [0.717, 1.165) is 5.75 Å². The number of carbonyl (C=O) groups excluding carboxylic acids is 2. The highest BCUT2D eigenvalue weighted by Gasteiger charge is 2.24. The van der Waals surface area contributed by atoms with E-state index in [1.54, 1.807) is 32.5 Å². The van der Waals surface area contributed by atoms with Crippen LogP contribution in [0.25, 0.3) is 0 Å². The van der Waals surface area contributed by atoms with Gasteiger partial charge in [0, 0.05) is 0 Å². The number of carbonyl (C=O) groups is 2. The summed E-state index contributed by atoms with van der Waals surface area (Å²) in [5.74, 6) is 0.306. The number of rotatable bonds is 5. The molecule has 0 saturated heterocycles. The summed E-state index contributed by atoms with van der Waals surface area (Å²) in [7, 11) is 1.30. The molecule has 0 fully saturated rings. The van der Waals surface area contributed by atoms with Crippen LogP contribution in [0.1, 0.15) is 27.2 Å². The van der Waals surface area contributed by atoms with Crippen molar-refractivity contribution in [3.05, 3.63) is 0 Å². The van der Waals surface area contributed by atoms with Gasteiger partial charge in [-0.25, -0.2) is 9.59 Å². The molecule has 0 aromatic heterocycles. The maximum absolute atomic E-state index is 11.5. The van der Waals surface area contributed by atoms with Gasteiger partial charge in [-0.2, -0.15) is 11.8 Å². The van der Waals surface area contributed by atoms with Gasteiger partial charge < -0.3 is 14.8 Å². The topological polar surface area (TPSA) is 64.6 Å². The summed E-state index contributed by atoms with van der Waals surface area (Å²) in [6, 6.07) is -0.651. The summed E-state index contributed by atoms with van der Waals surface area (Å²) < 4.78 is 9.70. The second-order valence-electron chi connectivity index (χ2n) is 4.50. The zero-order valence-corrected chi connectivity index (χ0v) is 11.8. The monoisotopic (exact) mass is 263 g/mol. The zero-order chi connectivity index (χ0) is 13.5. The lowest BCUT2D eigenvalue weighted by molar-refractivity contribution is -0.143. The second-order valence-corrected chi connectivity index (χ2v) is 5.49. The number of ether oxygens (including phenoxy) is 2. The van der Waals surface area contributed by atoms with Crippen molar-refractivity contribution >= 4 is 23.8 Å². The Bertz CT molecular complexity index is 263. The molecule has 0 aromatic carbocycles. The SMILES string of the molecule is COC(=O)[C@@H](CCSC)NC(=O)OC(C)(C)C. The Labute approximate surface area is 107 Å². The van der Waals surface area contributed by atoms with E-state index in [-0.39, 0.29) is 0 Å². The van der Waals surface area contributed by atoms with Gasteiger partial charge in [0.25, 0.3) is 0 Å². The van der Waals surface area contributed by atoms with Gasteiger partial charge in [0.1, 0.15) is 11.6 Å². The number of nitrogens with one attached hydrogen (secondary N) is 1. The third-order valence-corrected chi connectivity index (χ3v) is 2.43. The lowest BCUT2D eigenvalue weighted by Gasteiger charge is -2.22. The summed E-state index contributed by atoms with van der Waals surface area (Å²) in [6.07, 6.45) is 1.85. The smallest absolute Gasteiger partial charge is 0.408 e. The number of thioether (sulfide) groups is 1. The van der Waals surface area contributed by atoms with E-state index in [2.05, 4.69) is 10.1 Å². The van der Waals surface area contributed by atoms with Gasteiger partial charge in [0.05, 0.1) is 7.11 Å². The molecule has 0 spiro atoms. The minimum absolute atomic E-state index is 0.454. The standard InChI is InChI=1S/C11H21NO4S/c1-11(2,3)16-10(14)12-8(6-7-17-5)9(13)15-4/h8H,6-7H2,1-5H3,(H,12,14)/t8-/m1/s1. The van der Waals surface area contributed by atoms with Gasteiger partial charge in [0.2, 0.25) is 0 Å². The predicted octanol–water partition coefficient (Wildman–Crippen LogP) is 1.81. The highest BCUT2D eigenvalue weighted by molar-refractivity contribution is 7.98. The summed E-state index contributed by atoms with van der Waals surface area (Å²) >= 11 is 1.60. The first-order valence-electron chi connectivity index (χ1n) is 5.36. The number of amides is 1. The minimum Gasteiger partial charge on any atom is -0.467 e. The molecule has 1 atom stereocenters. The first kappa shape index (κ1) is 16.1. The van der Waals surface area contributed by atoms with Crippen LogP contribution in [0.15, 0.2) is 0 Å². The van der Waals surface area contributed by atoms with Crippen molar-refractivity contribution < 1.29 is 19.1 Å². The van der Waals surface area contributed by atoms with Gasteiger partial charge in [-0.05, 0) is 39.2 Å². The van der Waals surface area contributed by atoms with Crippen LogP contribution in [-0.2, 0) is 14.3 Å². The fraction of sp³-hybridized carbons (Fsp3) is 0.818. The van der Waals surface area contributed by atoms with E-state index in [0.29, 0.717) is 6.42 Å². The molecule has 100 valence electrons. The Hall–Kier alpha value is -0.910. The van der Waals surface area contributed by atoms with Crippen molar-refractivity contribution in [2.45, 2.75) is 38.8 Å². The number of methoxy groups -OCH3 is 1. The molecule has 6 heteroatoms. The van der Waals surface area contributed by atoms with Crippen molar-refractivity contribution in [1.82, 2.24) is 5.32 Å². The van der Waals surface area contributed by atoms with E-state index in [4.69, 9.17) is 4.74 Å². The highest BCUT2D eigenvalue weighted by Crippen LogP contribution is 2.08. The molecule has 1 amide bonds. The van der Waals surface area contributed by atoms with Crippen LogP contribution in [0.4, 0.5) is 4.79 Å². The van der Waals surface area contributed by atoms with E-state index < -0.39 is 23.7 Å². The normalized spacial score (nSPS) is 12.8. The molecule has 0 radical (unpaired) electrons. The van der Waals surface area contributed by atoms with Crippen LogP contribution in [-0.4, -0.2) is 42.8 Å². The highest BCUT2D eigenvalue weighted by atomic mass is 32.2. The molecule has 0 saturated carbocycles. The quantitative estimate of drug-likeness (QED) is 0.766. The second kappa shape index (κ2) is 7.42. The van der Waals surface area contributed by atoms with Crippen molar-refractivity contribution in [2.24, 2.45) is 0 Å². The minimum atomic E-state index is -0.651. The summed E-state index contributed by atoms with van der Waals surface area (Å²) in [4.78, 5) is 22.9. The summed E-state index contributed by atoms with van der Waals surface area (Å²) in [6.45, 7) is 5.30. The first-order chi connectivity index (χ1) is 7.80. The average Bonchev–Trinajstić information content (AvgIpc) is 2.20. The Balaban J connectivity index is 4.32. The van der Waals surface area contributed by atoms with Crippen molar-refractivity contribution in [3.8, 4) is 0 Å². The van der Waals surface area contributed by atoms with Crippen LogP contribution >= 0.6 is 11.8 Å². The van der Waals surface area contributed by atoms with E-state index in [1.165, 1.54) is 7.11 Å². The molecule has 0 unspecified atom stereocenters. The predicted molar refractivity (Wildman–Crippen MR) is 68.2 cm³/mol. The molecule has 0 rings (SSSR count). The van der Waals surface area contributed by atoms with Gasteiger partial charge in [-0.3, -0.25) is 0 Å². The van der Waals surface area contributed by atoms with Gasteiger partial charge in [-0.1, -0.05) is 0 Å². The average molecular weight is 263 g/mol. The number of hydrogen-bond acceptors (Lipinski definition) is 5. The molecule has 17 heavy (non-hydrogen) atoms. The molecule has 0 aromatic rings. The number of esters is 1. The Kier molecular flexibility index (Phi) is 7.03. The molecule has 5 nitrogen and oxygen atoms in total. The van der Waals surface area contributed by atoms with Crippen molar-refractivity contribution in [1.29, 1.82) is 0 Å². The summed E-state index contributed by atoms with van der Waals surface area (Å²) in [5, 5.41) is 2.51. The van der Waals surface area contributed by atoms with E-state index >= 15 is 0 Å². The van der Waals surface area contributed by atoms with Crippen LogP contribution < -0.4 is 5.32 Å². The van der Waals surface area contributed by atoms with Crippen LogP contribution in [0.2, 0.25) is 0 Å². The maximum atomic E-state index is 11.5. The Morgan fingerprint density at radius 2 is 1.94 bits per heavy atom. The maximum Gasteiger partial charge on any atom is 0.408 e. The number of hydrogen-bond donors (Lipinski definition) is 1. The molecular weight excluding hydrogens is 242 g/mol. The molecule has 0 aliphatic carbocycles. The molecule has 0 aliphatic heterocycles. The first-order valence-corrected chi connectivity index (χ1v) is 6.76. The Morgan fingerprint density at radius 1 is 1.35 bits per heavy atom. The number of alkyl carbamates (subject to hydrolysis) is 1. The van der Waals surface area contributed by atoms with Crippen LogP contribution in [0, 0.1) is 0 Å². The lowest BCUT2D eigenvalue weighted by Crippen LogP contribution is -2.44. The molecular formula is C11H21NO4S. The largest absolute Gasteiger partial charge is 0.467 e. The third kappa shape index (κ3) is 7.90. The van der Waals surface area contributed by atoms with Crippen LogP contribution in [0.5, 0.6) is 0 Å². The molecule has 0 heterocycles. The van der Waals surface area contributed by atoms with Gasteiger partial charge >= 0.3 is 12.1 Å².